The van der Waals surface area contributed by atoms with E-state index in [0.29, 0.717) is 32.6 Å². The highest BCUT2D eigenvalue weighted by atomic mass is 19.4. The molecular formula is C22H27F3N4O4. The number of hydrogen-bond acceptors (Lipinski definition) is 5. The number of rotatable bonds is 4. The van der Waals surface area contributed by atoms with Gasteiger partial charge < -0.3 is 19.3 Å². The molecule has 8 nitrogen and oxygen atoms in total. The Bertz CT molecular complexity index is 985. The Kier molecular flexibility index (Phi) is 7.19. The fourth-order valence-electron chi connectivity index (χ4n) is 3.24. The summed E-state index contributed by atoms with van der Waals surface area (Å²) >= 11 is 0. The number of carbonyl (C=O) groups excluding carboxylic acids is 2. The van der Waals surface area contributed by atoms with Crippen molar-refractivity contribution < 1.29 is 32.2 Å². The zero-order chi connectivity index (χ0) is 24.2. The predicted octanol–water partition coefficient (Wildman–Crippen LogP) is 4.02. The van der Waals surface area contributed by atoms with Gasteiger partial charge in [0.2, 0.25) is 0 Å². The van der Waals surface area contributed by atoms with Gasteiger partial charge in [-0.2, -0.15) is 18.3 Å². The number of amides is 2. The fourth-order valence-corrected chi connectivity index (χ4v) is 3.24. The van der Waals surface area contributed by atoms with E-state index in [1.165, 1.54) is 29.1 Å². The highest BCUT2D eigenvalue weighted by molar-refractivity contribution is 5.92. The van der Waals surface area contributed by atoms with Gasteiger partial charge in [-0.1, -0.05) is 6.07 Å². The number of hydrogen-bond donors (Lipinski definition) is 0. The Hall–Kier alpha value is -3.24. The summed E-state index contributed by atoms with van der Waals surface area (Å²) in [4.78, 5) is 28.3. The van der Waals surface area contributed by atoms with E-state index in [4.69, 9.17) is 9.47 Å². The van der Waals surface area contributed by atoms with Gasteiger partial charge in [-0.25, -0.2) is 9.48 Å². The van der Waals surface area contributed by atoms with Crippen molar-refractivity contribution in [3.8, 4) is 5.75 Å². The molecule has 0 aliphatic carbocycles. The zero-order valence-corrected chi connectivity index (χ0v) is 18.8. The zero-order valence-electron chi connectivity index (χ0n) is 18.8. The molecule has 0 radical (unpaired) electrons. The summed E-state index contributed by atoms with van der Waals surface area (Å²) in [6.07, 6.45) is -2.75. The minimum Gasteiger partial charge on any atom is -0.471 e. The van der Waals surface area contributed by atoms with Gasteiger partial charge in [-0.05, 0) is 51.5 Å². The first-order valence-corrected chi connectivity index (χ1v) is 10.5. The molecule has 180 valence electrons. The van der Waals surface area contributed by atoms with Gasteiger partial charge in [0.25, 0.3) is 5.91 Å². The van der Waals surface area contributed by atoms with E-state index >= 15 is 0 Å². The second kappa shape index (κ2) is 9.72. The van der Waals surface area contributed by atoms with Crippen molar-refractivity contribution in [2.45, 2.75) is 45.7 Å². The number of ether oxygens (including phenoxy) is 2. The first kappa shape index (κ1) is 24.4. The van der Waals surface area contributed by atoms with E-state index in [9.17, 15) is 22.8 Å². The van der Waals surface area contributed by atoms with Gasteiger partial charge in [0.05, 0.1) is 5.56 Å². The number of halogens is 3. The van der Waals surface area contributed by atoms with Crippen molar-refractivity contribution in [1.82, 2.24) is 19.6 Å². The molecule has 1 saturated heterocycles. The van der Waals surface area contributed by atoms with Crippen molar-refractivity contribution in [3.63, 3.8) is 0 Å². The largest absolute Gasteiger partial charge is 0.471 e. The van der Waals surface area contributed by atoms with E-state index in [0.717, 1.165) is 12.1 Å². The van der Waals surface area contributed by atoms with Crippen LogP contribution in [0.3, 0.4) is 0 Å². The molecule has 3 rings (SSSR count). The topological polar surface area (TPSA) is 76.9 Å². The predicted molar refractivity (Wildman–Crippen MR) is 113 cm³/mol. The molecule has 2 amide bonds. The Morgan fingerprint density at radius 3 is 2.42 bits per heavy atom. The van der Waals surface area contributed by atoms with Crippen molar-refractivity contribution >= 4 is 12.0 Å². The van der Waals surface area contributed by atoms with Gasteiger partial charge in [-0.3, -0.25) is 4.79 Å². The molecule has 0 N–H and O–H groups in total. The van der Waals surface area contributed by atoms with Gasteiger partial charge in [0.1, 0.15) is 11.4 Å². The van der Waals surface area contributed by atoms with Crippen LogP contribution in [0.2, 0.25) is 0 Å². The van der Waals surface area contributed by atoms with Crippen LogP contribution in [0.15, 0.2) is 36.5 Å². The molecule has 1 aliphatic rings. The highest BCUT2D eigenvalue weighted by Gasteiger charge is 2.31. The average molecular weight is 468 g/mol. The lowest BCUT2D eigenvalue weighted by atomic mass is 10.2. The summed E-state index contributed by atoms with van der Waals surface area (Å²) in [5.74, 6) is -0.248. The second-order valence-corrected chi connectivity index (χ2v) is 8.65. The van der Waals surface area contributed by atoms with Crippen LogP contribution >= 0.6 is 0 Å². The van der Waals surface area contributed by atoms with E-state index in [1.807, 2.05) is 0 Å². The Morgan fingerprint density at radius 1 is 1.03 bits per heavy atom. The van der Waals surface area contributed by atoms with Crippen LogP contribution in [0.4, 0.5) is 18.0 Å². The van der Waals surface area contributed by atoms with Gasteiger partial charge in [0.15, 0.2) is 12.4 Å². The van der Waals surface area contributed by atoms with Gasteiger partial charge >= 0.3 is 12.3 Å². The van der Waals surface area contributed by atoms with Crippen LogP contribution in [0.25, 0.3) is 0 Å². The molecule has 0 atom stereocenters. The standard InChI is InChI=1S/C22H27F3N4O4/c1-21(2,3)33-20(31)28-10-5-9-27(12-13-28)19(30)18-8-11-29(26-18)15-32-17-7-4-6-16(14-17)22(23,24)25/h4,6-8,11,14H,5,9-10,12-13,15H2,1-3H3. The maximum atomic E-state index is 12.9. The fraction of sp³-hybridized carbons (Fsp3) is 0.500. The van der Waals surface area contributed by atoms with Crippen LogP contribution in [0.1, 0.15) is 43.2 Å². The smallest absolute Gasteiger partial charge is 0.416 e. The van der Waals surface area contributed by atoms with E-state index in [1.54, 1.807) is 30.6 Å². The molecule has 0 spiro atoms. The van der Waals surface area contributed by atoms with E-state index < -0.39 is 23.4 Å². The maximum absolute atomic E-state index is 12.9. The molecule has 33 heavy (non-hydrogen) atoms. The molecule has 1 aromatic carbocycles. The Labute approximate surface area is 189 Å². The summed E-state index contributed by atoms with van der Waals surface area (Å²) in [6.45, 7) is 6.87. The van der Waals surface area contributed by atoms with Crippen LogP contribution in [-0.4, -0.2) is 63.4 Å². The SMILES string of the molecule is CC(C)(C)OC(=O)N1CCCN(C(=O)c2ccn(COc3cccc(C(F)(F)F)c3)n2)CC1. The minimum absolute atomic E-state index is 0.0444. The molecule has 0 unspecified atom stereocenters. The van der Waals surface area contributed by atoms with Crippen LogP contribution < -0.4 is 4.74 Å². The highest BCUT2D eigenvalue weighted by Crippen LogP contribution is 2.31. The van der Waals surface area contributed by atoms with Crippen molar-refractivity contribution in [3.05, 3.63) is 47.8 Å². The molecule has 11 heteroatoms. The number of alkyl halides is 3. The minimum atomic E-state index is -4.46. The molecule has 0 bridgehead atoms. The second-order valence-electron chi connectivity index (χ2n) is 8.65. The lowest BCUT2D eigenvalue weighted by Gasteiger charge is -2.26. The van der Waals surface area contributed by atoms with Gasteiger partial charge in [0, 0.05) is 32.4 Å². The lowest BCUT2D eigenvalue weighted by molar-refractivity contribution is -0.137. The normalized spacial score (nSPS) is 15.2. The molecule has 1 fully saturated rings. The summed E-state index contributed by atoms with van der Waals surface area (Å²) in [7, 11) is 0. The lowest BCUT2D eigenvalue weighted by Crippen LogP contribution is -2.40. The molecule has 2 aromatic rings. The number of carbonyl (C=O) groups is 2. The monoisotopic (exact) mass is 468 g/mol. The molecular weight excluding hydrogens is 441 g/mol. The average Bonchev–Trinajstić information content (AvgIpc) is 3.06. The first-order valence-electron chi connectivity index (χ1n) is 10.5. The van der Waals surface area contributed by atoms with E-state index in [-0.39, 0.29) is 24.1 Å². The van der Waals surface area contributed by atoms with Crippen molar-refractivity contribution in [2.24, 2.45) is 0 Å². The summed E-state index contributed by atoms with van der Waals surface area (Å²) in [6, 6.07) is 6.06. The third kappa shape index (κ3) is 6.87. The molecule has 0 saturated carbocycles. The number of benzene rings is 1. The summed E-state index contributed by atoms with van der Waals surface area (Å²) < 4.78 is 50.6. The number of aromatic nitrogens is 2. The molecule has 2 heterocycles. The third-order valence-corrected chi connectivity index (χ3v) is 4.82. The maximum Gasteiger partial charge on any atom is 0.416 e. The van der Waals surface area contributed by atoms with Gasteiger partial charge in [-0.15, -0.1) is 0 Å². The molecule has 1 aliphatic heterocycles. The van der Waals surface area contributed by atoms with Crippen LogP contribution in [-0.2, 0) is 17.6 Å². The Morgan fingerprint density at radius 2 is 1.73 bits per heavy atom. The first-order chi connectivity index (χ1) is 15.4. The Balaban J connectivity index is 1.56. The quantitative estimate of drug-likeness (QED) is 0.678. The third-order valence-electron chi connectivity index (χ3n) is 4.82. The van der Waals surface area contributed by atoms with E-state index in [2.05, 4.69) is 5.10 Å². The summed E-state index contributed by atoms with van der Waals surface area (Å²) in [5, 5.41) is 4.18. The van der Waals surface area contributed by atoms with Crippen LogP contribution in [0.5, 0.6) is 5.75 Å². The summed E-state index contributed by atoms with van der Waals surface area (Å²) in [5.41, 5.74) is -1.21. The number of nitrogens with zero attached hydrogens (tertiary/aromatic N) is 4. The van der Waals surface area contributed by atoms with Crippen molar-refractivity contribution in [1.29, 1.82) is 0 Å². The molecule has 1 aromatic heterocycles. The van der Waals surface area contributed by atoms with Crippen molar-refractivity contribution in [2.75, 3.05) is 26.2 Å². The van der Waals surface area contributed by atoms with Crippen LogP contribution in [0, 0.1) is 0 Å².